The molecule has 0 radical (unpaired) electrons. The molecule has 0 aliphatic heterocycles. The normalized spacial score (nSPS) is 11.8. The van der Waals surface area contributed by atoms with Gasteiger partial charge in [0.2, 0.25) is 0 Å². The number of nitrogens with one attached hydrogen (secondary N) is 2. The summed E-state index contributed by atoms with van der Waals surface area (Å²) in [4.78, 5) is 24.8. The van der Waals surface area contributed by atoms with Crippen LogP contribution in [0.4, 0.5) is 0 Å². The van der Waals surface area contributed by atoms with Gasteiger partial charge in [-0.15, -0.1) is 11.3 Å². The molecule has 1 atom stereocenters. The number of aryl methyl sites for hydroxylation is 1. The number of rotatable bonds is 8. The molecule has 3 N–H and O–H groups in total. The van der Waals surface area contributed by atoms with Crippen LogP contribution in [-0.2, 0) is 20.9 Å². The minimum absolute atomic E-state index is 0.113. The monoisotopic (exact) mass is 362 g/mol. The average Bonchev–Trinajstić information content (AvgIpc) is 3.14. The van der Waals surface area contributed by atoms with Gasteiger partial charge in [-0.25, -0.2) is 0 Å². The van der Waals surface area contributed by atoms with Crippen molar-refractivity contribution in [2.45, 2.75) is 19.6 Å². The second-order valence-electron chi connectivity index (χ2n) is 5.47. The highest BCUT2D eigenvalue weighted by Crippen LogP contribution is 2.17. The Kier molecular flexibility index (Phi) is 7.59. The third-order valence-corrected chi connectivity index (χ3v) is 4.39. The van der Waals surface area contributed by atoms with Crippen molar-refractivity contribution in [3.8, 4) is 0 Å². The number of carbonyl (C=O) groups is 2. The Bertz CT molecular complexity index is 671. The van der Waals surface area contributed by atoms with Crippen LogP contribution in [0.1, 0.15) is 22.1 Å². The Balaban J connectivity index is 1.86. The van der Waals surface area contributed by atoms with E-state index in [2.05, 4.69) is 10.6 Å². The predicted octanol–water partition coefficient (Wildman–Crippen LogP) is 1.54. The van der Waals surface area contributed by atoms with Crippen LogP contribution >= 0.6 is 11.3 Å². The molecular weight excluding hydrogens is 340 g/mol. The number of thiophene rings is 1. The van der Waals surface area contributed by atoms with Crippen LogP contribution in [0.2, 0.25) is 0 Å². The number of aliphatic hydroxyl groups is 1. The van der Waals surface area contributed by atoms with Crippen LogP contribution in [0.25, 0.3) is 0 Å². The Morgan fingerprint density at radius 2 is 1.88 bits per heavy atom. The number of benzene rings is 1. The maximum atomic E-state index is 11.9. The quantitative estimate of drug-likeness (QED) is 0.622. The summed E-state index contributed by atoms with van der Waals surface area (Å²) in [5.74, 6) is -1.39. The van der Waals surface area contributed by atoms with Crippen LogP contribution in [0.3, 0.4) is 0 Å². The van der Waals surface area contributed by atoms with E-state index in [0.29, 0.717) is 6.54 Å². The van der Waals surface area contributed by atoms with Gasteiger partial charge >= 0.3 is 11.8 Å². The van der Waals surface area contributed by atoms with Crippen molar-refractivity contribution in [1.29, 1.82) is 0 Å². The summed E-state index contributed by atoms with van der Waals surface area (Å²) < 4.78 is 5.57. The molecule has 0 aliphatic rings. The van der Waals surface area contributed by atoms with Gasteiger partial charge in [-0.05, 0) is 23.9 Å². The standard InChI is InChI=1S/C18H22N2O4S/c1-13-4-6-14(7-5-13)16(24-9-8-21)12-20-18(23)17(22)19-11-15-3-2-10-25-15/h2-7,10,16,21H,8-9,11-12H2,1H3,(H,19,22)(H,20,23). The summed E-state index contributed by atoms with van der Waals surface area (Å²) >= 11 is 1.51. The summed E-state index contributed by atoms with van der Waals surface area (Å²) in [6.45, 7) is 2.49. The molecule has 0 bridgehead atoms. The van der Waals surface area contributed by atoms with Gasteiger partial charge in [0.1, 0.15) is 0 Å². The lowest BCUT2D eigenvalue weighted by Gasteiger charge is -2.18. The first-order valence-corrected chi connectivity index (χ1v) is 8.85. The average molecular weight is 362 g/mol. The molecule has 1 aromatic carbocycles. The van der Waals surface area contributed by atoms with Crippen molar-refractivity contribution >= 4 is 23.2 Å². The SMILES string of the molecule is Cc1ccc(C(CNC(=O)C(=O)NCc2cccs2)OCCO)cc1. The van der Waals surface area contributed by atoms with E-state index in [4.69, 9.17) is 9.84 Å². The van der Waals surface area contributed by atoms with E-state index in [0.717, 1.165) is 16.0 Å². The molecule has 2 rings (SSSR count). The number of aliphatic hydroxyl groups excluding tert-OH is 1. The summed E-state index contributed by atoms with van der Waals surface area (Å²) in [5.41, 5.74) is 1.99. The van der Waals surface area contributed by atoms with Crippen LogP contribution in [0.5, 0.6) is 0 Å². The molecule has 0 aliphatic carbocycles. The lowest BCUT2D eigenvalue weighted by atomic mass is 10.1. The summed E-state index contributed by atoms with van der Waals surface area (Å²) in [7, 11) is 0. The molecule has 7 heteroatoms. The first kappa shape index (κ1) is 19.1. The van der Waals surface area contributed by atoms with Crippen LogP contribution < -0.4 is 10.6 Å². The van der Waals surface area contributed by atoms with Crippen LogP contribution in [0, 0.1) is 6.92 Å². The molecular formula is C18H22N2O4S. The van der Waals surface area contributed by atoms with Crippen LogP contribution in [0.15, 0.2) is 41.8 Å². The van der Waals surface area contributed by atoms with E-state index < -0.39 is 17.9 Å². The summed E-state index contributed by atoms with van der Waals surface area (Å²) in [6, 6.07) is 11.5. The molecule has 0 saturated heterocycles. The highest BCUT2D eigenvalue weighted by atomic mass is 32.1. The van der Waals surface area contributed by atoms with Crippen molar-refractivity contribution in [3.05, 3.63) is 57.8 Å². The topological polar surface area (TPSA) is 87.7 Å². The molecule has 134 valence electrons. The third-order valence-electron chi connectivity index (χ3n) is 3.52. The predicted molar refractivity (Wildman–Crippen MR) is 96.1 cm³/mol. The van der Waals surface area contributed by atoms with E-state index in [1.165, 1.54) is 11.3 Å². The van der Waals surface area contributed by atoms with Gasteiger partial charge in [0.15, 0.2) is 0 Å². The second kappa shape index (κ2) is 9.93. The third kappa shape index (κ3) is 6.30. The van der Waals surface area contributed by atoms with Crippen molar-refractivity contribution in [1.82, 2.24) is 10.6 Å². The van der Waals surface area contributed by atoms with E-state index in [9.17, 15) is 9.59 Å². The molecule has 1 heterocycles. The van der Waals surface area contributed by atoms with Gasteiger partial charge in [0.05, 0.1) is 25.9 Å². The van der Waals surface area contributed by atoms with Gasteiger partial charge in [-0.2, -0.15) is 0 Å². The summed E-state index contributed by atoms with van der Waals surface area (Å²) in [5, 5.41) is 16.0. The number of hydrogen-bond acceptors (Lipinski definition) is 5. The Morgan fingerprint density at radius 1 is 1.16 bits per heavy atom. The van der Waals surface area contributed by atoms with Crippen molar-refractivity contribution < 1.29 is 19.4 Å². The smallest absolute Gasteiger partial charge is 0.309 e. The number of carbonyl (C=O) groups excluding carboxylic acids is 2. The fourth-order valence-electron chi connectivity index (χ4n) is 2.18. The first-order valence-electron chi connectivity index (χ1n) is 7.97. The minimum atomic E-state index is -0.707. The molecule has 2 aromatic rings. The summed E-state index contributed by atoms with van der Waals surface area (Å²) in [6.07, 6.45) is -0.429. The van der Waals surface area contributed by atoms with E-state index in [-0.39, 0.29) is 19.8 Å². The fraction of sp³-hybridized carbons (Fsp3) is 0.333. The molecule has 25 heavy (non-hydrogen) atoms. The zero-order valence-corrected chi connectivity index (χ0v) is 14.8. The Hall–Kier alpha value is -2.22. The molecule has 2 amide bonds. The Labute approximate surface area is 150 Å². The van der Waals surface area contributed by atoms with Crippen molar-refractivity contribution in [2.24, 2.45) is 0 Å². The molecule has 0 saturated carbocycles. The molecule has 1 unspecified atom stereocenters. The minimum Gasteiger partial charge on any atom is -0.394 e. The van der Waals surface area contributed by atoms with Gasteiger partial charge in [-0.1, -0.05) is 35.9 Å². The fourth-order valence-corrected chi connectivity index (χ4v) is 2.82. The highest BCUT2D eigenvalue weighted by Gasteiger charge is 2.17. The van der Waals surface area contributed by atoms with Gasteiger partial charge in [-0.3, -0.25) is 9.59 Å². The maximum absolute atomic E-state index is 11.9. The largest absolute Gasteiger partial charge is 0.394 e. The number of hydrogen-bond donors (Lipinski definition) is 3. The molecule has 0 fully saturated rings. The van der Waals surface area contributed by atoms with Gasteiger partial charge in [0.25, 0.3) is 0 Å². The number of amides is 2. The van der Waals surface area contributed by atoms with Crippen molar-refractivity contribution in [2.75, 3.05) is 19.8 Å². The lowest BCUT2D eigenvalue weighted by molar-refractivity contribution is -0.139. The zero-order chi connectivity index (χ0) is 18.1. The second-order valence-corrected chi connectivity index (χ2v) is 6.50. The molecule has 0 spiro atoms. The van der Waals surface area contributed by atoms with E-state index in [1.54, 1.807) is 0 Å². The van der Waals surface area contributed by atoms with Crippen molar-refractivity contribution in [3.63, 3.8) is 0 Å². The molecule has 6 nitrogen and oxygen atoms in total. The van der Waals surface area contributed by atoms with E-state index in [1.807, 2.05) is 48.7 Å². The first-order chi connectivity index (χ1) is 12.1. The van der Waals surface area contributed by atoms with E-state index >= 15 is 0 Å². The van der Waals surface area contributed by atoms with Crippen LogP contribution in [-0.4, -0.2) is 36.7 Å². The van der Waals surface area contributed by atoms with Gasteiger partial charge < -0.3 is 20.5 Å². The highest BCUT2D eigenvalue weighted by molar-refractivity contribution is 7.09. The maximum Gasteiger partial charge on any atom is 0.309 e. The zero-order valence-electron chi connectivity index (χ0n) is 14.0. The Morgan fingerprint density at radius 3 is 2.52 bits per heavy atom. The lowest BCUT2D eigenvalue weighted by Crippen LogP contribution is -2.41. The molecule has 1 aromatic heterocycles. The number of ether oxygens (including phenoxy) is 1. The van der Waals surface area contributed by atoms with Gasteiger partial charge in [0, 0.05) is 11.4 Å².